The van der Waals surface area contributed by atoms with Gasteiger partial charge in [0.15, 0.2) is 0 Å². The molecule has 0 atom stereocenters. The molecule has 2 aromatic carbocycles. The van der Waals surface area contributed by atoms with E-state index in [0.29, 0.717) is 0 Å². The van der Waals surface area contributed by atoms with Gasteiger partial charge in [0, 0.05) is 0 Å². The summed E-state index contributed by atoms with van der Waals surface area (Å²) in [5, 5.41) is 0. The Morgan fingerprint density at radius 1 is 0.826 bits per heavy atom. The molecule has 0 aliphatic heterocycles. The summed E-state index contributed by atoms with van der Waals surface area (Å²) in [6.07, 6.45) is 3.46. The molecule has 0 fully saturated rings. The Bertz CT molecular complexity index is 647. The zero-order valence-electron chi connectivity index (χ0n) is 15.8. The topological polar surface area (TPSA) is 0 Å². The predicted molar refractivity (Wildman–Crippen MR) is 104 cm³/mol. The van der Waals surface area contributed by atoms with E-state index in [0.717, 1.165) is 6.42 Å². The van der Waals surface area contributed by atoms with Gasteiger partial charge in [-0.15, -0.1) is 0 Å². The van der Waals surface area contributed by atoms with Crippen molar-refractivity contribution < 1.29 is 0 Å². The average molecular weight is 309 g/mol. The summed E-state index contributed by atoms with van der Waals surface area (Å²) in [6, 6.07) is 13.3. The van der Waals surface area contributed by atoms with Crippen molar-refractivity contribution in [3.8, 4) is 0 Å². The maximum Gasteiger partial charge on any atom is -0.00699 e. The standard InChI is InChI=1S/C12H16.C11H16/c1-9(2)7-12-6-5-10(3)8-11(12)4;1-4-5-11-7-6-9(2)8-10(11)3/h5-6,8H,1,7H2,2-4H3;6-8H,4-5H2,1-3H3. The van der Waals surface area contributed by atoms with Crippen molar-refractivity contribution in [2.75, 3.05) is 0 Å². The summed E-state index contributed by atoms with van der Waals surface area (Å²) in [7, 11) is 0. The third kappa shape index (κ3) is 6.86. The largest absolute Gasteiger partial charge is 0.0998 e. The molecule has 0 N–H and O–H groups in total. The SMILES string of the molecule is C=C(C)Cc1ccc(C)cc1C.CCCc1ccc(C)cc1C. The molecule has 0 heterocycles. The second-order valence-electron chi connectivity index (χ2n) is 6.74. The first-order chi connectivity index (χ1) is 10.8. The Hall–Kier alpha value is -1.82. The van der Waals surface area contributed by atoms with E-state index in [4.69, 9.17) is 0 Å². The van der Waals surface area contributed by atoms with E-state index in [-0.39, 0.29) is 0 Å². The molecule has 124 valence electrons. The third-order valence-electron chi connectivity index (χ3n) is 4.01. The van der Waals surface area contributed by atoms with Crippen LogP contribution < -0.4 is 0 Å². The lowest BCUT2D eigenvalue weighted by molar-refractivity contribution is 0.912. The van der Waals surface area contributed by atoms with E-state index in [2.05, 4.69) is 84.5 Å². The maximum absolute atomic E-state index is 3.91. The van der Waals surface area contributed by atoms with Crippen LogP contribution in [0.2, 0.25) is 0 Å². The zero-order valence-corrected chi connectivity index (χ0v) is 15.8. The van der Waals surface area contributed by atoms with Crippen molar-refractivity contribution in [1.82, 2.24) is 0 Å². The maximum atomic E-state index is 3.91. The summed E-state index contributed by atoms with van der Waals surface area (Å²) in [5.74, 6) is 0. The van der Waals surface area contributed by atoms with Gasteiger partial charge in [-0.05, 0) is 69.7 Å². The molecule has 0 radical (unpaired) electrons. The summed E-state index contributed by atoms with van der Waals surface area (Å²) in [5.41, 5.74) is 9.62. The number of benzene rings is 2. The molecule has 0 heteroatoms. The molecule has 0 aromatic heterocycles. The van der Waals surface area contributed by atoms with Crippen molar-refractivity contribution in [2.45, 2.75) is 60.8 Å². The van der Waals surface area contributed by atoms with Gasteiger partial charge in [0.1, 0.15) is 0 Å². The highest BCUT2D eigenvalue weighted by Crippen LogP contribution is 2.14. The van der Waals surface area contributed by atoms with Gasteiger partial charge in [-0.3, -0.25) is 0 Å². The average Bonchev–Trinajstić information content (AvgIpc) is 2.46. The molecular weight excluding hydrogens is 276 g/mol. The first-order valence-electron chi connectivity index (χ1n) is 8.60. The van der Waals surface area contributed by atoms with Gasteiger partial charge in [0.25, 0.3) is 0 Å². The van der Waals surface area contributed by atoms with Gasteiger partial charge in [-0.25, -0.2) is 0 Å². The molecule has 2 rings (SSSR count). The highest BCUT2D eigenvalue weighted by molar-refractivity contribution is 5.32. The molecule has 0 amide bonds. The first kappa shape index (κ1) is 19.2. The van der Waals surface area contributed by atoms with Gasteiger partial charge in [0.2, 0.25) is 0 Å². The minimum absolute atomic E-state index is 1.01. The summed E-state index contributed by atoms with van der Waals surface area (Å²) < 4.78 is 0. The van der Waals surface area contributed by atoms with Gasteiger partial charge in [0.05, 0.1) is 0 Å². The van der Waals surface area contributed by atoms with Crippen LogP contribution in [-0.2, 0) is 12.8 Å². The molecular formula is C23H32. The Balaban J connectivity index is 0.000000231. The van der Waals surface area contributed by atoms with Crippen LogP contribution in [0.1, 0.15) is 53.6 Å². The van der Waals surface area contributed by atoms with Crippen LogP contribution in [-0.4, -0.2) is 0 Å². The monoisotopic (exact) mass is 308 g/mol. The molecule has 23 heavy (non-hydrogen) atoms. The Morgan fingerprint density at radius 3 is 1.70 bits per heavy atom. The van der Waals surface area contributed by atoms with Crippen molar-refractivity contribution >= 4 is 0 Å². The smallest absolute Gasteiger partial charge is 0.00699 e. The molecule has 2 aromatic rings. The van der Waals surface area contributed by atoms with Gasteiger partial charge in [-0.2, -0.15) is 0 Å². The van der Waals surface area contributed by atoms with Crippen LogP contribution in [0.3, 0.4) is 0 Å². The molecule has 0 aliphatic carbocycles. The van der Waals surface area contributed by atoms with E-state index in [9.17, 15) is 0 Å². The fourth-order valence-corrected chi connectivity index (χ4v) is 2.76. The molecule has 0 spiro atoms. The van der Waals surface area contributed by atoms with Gasteiger partial charge < -0.3 is 0 Å². The molecule has 0 unspecified atom stereocenters. The fourth-order valence-electron chi connectivity index (χ4n) is 2.76. The van der Waals surface area contributed by atoms with Crippen LogP contribution in [0.4, 0.5) is 0 Å². The quantitative estimate of drug-likeness (QED) is 0.553. The van der Waals surface area contributed by atoms with Crippen LogP contribution in [0.15, 0.2) is 48.6 Å². The number of aryl methyl sites for hydroxylation is 5. The van der Waals surface area contributed by atoms with E-state index in [1.807, 2.05) is 0 Å². The molecule has 0 aliphatic rings. The van der Waals surface area contributed by atoms with Gasteiger partial charge in [-0.1, -0.05) is 73.0 Å². The number of rotatable bonds is 4. The molecule has 0 nitrogen and oxygen atoms in total. The highest BCUT2D eigenvalue weighted by Gasteiger charge is 1.97. The van der Waals surface area contributed by atoms with E-state index < -0.39 is 0 Å². The zero-order chi connectivity index (χ0) is 17.4. The normalized spacial score (nSPS) is 10.0. The highest BCUT2D eigenvalue weighted by atomic mass is 14.0. The Kier molecular flexibility index (Phi) is 7.81. The number of hydrogen-bond acceptors (Lipinski definition) is 0. The lowest BCUT2D eigenvalue weighted by atomic mass is 10.0. The Labute approximate surface area is 143 Å². The van der Waals surface area contributed by atoms with E-state index in [1.165, 1.54) is 51.8 Å². The van der Waals surface area contributed by atoms with Crippen LogP contribution in [0.5, 0.6) is 0 Å². The third-order valence-corrected chi connectivity index (χ3v) is 4.01. The summed E-state index contributed by atoms with van der Waals surface area (Å²) in [6.45, 7) is 16.8. The van der Waals surface area contributed by atoms with Crippen molar-refractivity contribution in [2.24, 2.45) is 0 Å². The second kappa shape index (κ2) is 9.35. The summed E-state index contributed by atoms with van der Waals surface area (Å²) in [4.78, 5) is 0. The van der Waals surface area contributed by atoms with Crippen molar-refractivity contribution in [3.05, 3.63) is 81.9 Å². The Morgan fingerprint density at radius 2 is 1.30 bits per heavy atom. The van der Waals surface area contributed by atoms with Gasteiger partial charge >= 0.3 is 0 Å². The molecule has 0 bridgehead atoms. The van der Waals surface area contributed by atoms with Crippen LogP contribution in [0.25, 0.3) is 0 Å². The number of hydrogen-bond donors (Lipinski definition) is 0. The predicted octanol–water partition coefficient (Wildman–Crippen LogP) is 6.68. The molecule has 0 saturated carbocycles. The minimum Gasteiger partial charge on any atom is -0.0998 e. The van der Waals surface area contributed by atoms with Crippen molar-refractivity contribution in [1.29, 1.82) is 0 Å². The lowest BCUT2D eigenvalue weighted by Gasteiger charge is -2.05. The summed E-state index contributed by atoms with van der Waals surface area (Å²) >= 11 is 0. The second-order valence-corrected chi connectivity index (χ2v) is 6.74. The molecule has 0 saturated heterocycles. The lowest BCUT2D eigenvalue weighted by Crippen LogP contribution is -1.90. The van der Waals surface area contributed by atoms with Crippen molar-refractivity contribution in [3.63, 3.8) is 0 Å². The van der Waals surface area contributed by atoms with E-state index >= 15 is 0 Å². The number of allylic oxidation sites excluding steroid dienone is 1. The van der Waals surface area contributed by atoms with Crippen LogP contribution >= 0.6 is 0 Å². The minimum atomic E-state index is 1.01. The van der Waals surface area contributed by atoms with Crippen LogP contribution in [0, 0.1) is 27.7 Å². The fraction of sp³-hybridized carbons (Fsp3) is 0.391. The van der Waals surface area contributed by atoms with E-state index in [1.54, 1.807) is 0 Å². The first-order valence-corrected chi connectivity index (χ1v) is 8.60.